The fourth-order valence-electron chi connectivity index (χ4n) is 4.96. The van der Waals surface area contributed by atoms with Crippen LogP contribution >= 0.6 is 7.82 Å². The minimum atomic E-state index is -4.27. The molecule has 0 radical (unpaired) electrons. The Labute approximate surface area is 282 Å². The van der Waals surface area contributed by atoms with Gasteiger partial charge in [0.25, 0.3) is 0 Å². The van der Waals surface area contributed by atoms with Crippen LogP contribution in [-0.4, -0.2) is 42.8 Å². The van der Waals surface area contributed by atoms with Crippen LogP contribution in [0.1, 0.15) is 175 Å². The van der Waals surface area contributed by atoms with E-state index in [4.69, 9.17) is 18.5 Å². The molecule has 0 spiro atoms. The summed E-state index contributed by atoms with van der Waals surface area (Å²) >= 11 is 0. The summed E-state index contributed by atoms with van der Waals surface area (Å²) in [4.78, 5) is 34.5. The van der Waals surface area contributed by atoms with Crippen LogP contribution in [0.3, 0.4) is 0 Å². The van der Waals surface area contributed by atoms with Crippen molar-refractivity contribution in [1.29, 1.82) is 0 Å². The molecule has 0 fully saturated rings. The second kappa shape index (κ2) is 33.4. The second-order valence-electron chi connectivity index (χ2n) is 12.2. The quantitative estimate of drug-likeness (QED) is 0.0311. The van der Waals surface area contributed by atoms with Gasteiger partial charge < -0.3 is 14.4 Å². The van der Waals surface area contributed by atoms with Crippen molar-refractivity contribution >= 4 is 19.8 Å². The largest absolute Gasteiger partial charge is 0.472 e. The number of ether oxygens (including phenoxy) is 2. The molecule has 2 unspecified atom stereocenters. The standard InChI is InChI=1S/C37H69O8P/c1-4-7-9-11-13-15-17-18-19-20-22-24-26-28-30-32-37(39)45-35(34-44-46(40,41)43-6-3)33-42-36(38)31-29-27-25-23-21-16-14-12-10-8-5-2/h12,14,18-19,35H,4-11,13,15-17,20-34H2,1-3H3,(H,40,41)/b14-12-,19-18-. The minimum absolute atomic E-state index is 0.00163. The lowest BCUT2D eigenvalue weighted by molar-refractivity contribution is -0.161. The number of rotatable bonds is 34. The van der Waals surface area contributed by atoms with E-state index in [2.05, 4.69) is 38.2 Å². The number of carbonyl (C=O) groups is 2. The van der Waals surface area contributed by atoms with Crippen molar-refractivity contribution in [1.82, 2.24) is 0 Å². The molecule has 0 aliphatic carbocycles. The molecule has 0 aromatic rings. The second-order valence-corrected chi connectivity index (χ2v) is 13.7. The van der Waals surface area contributed by atoms with Crippen LogP contribution < -0.4 is 0 Å². The van der Waals surface area contributed by atoms with Crippen LogP contribution in [0.25, 0.3) is 0 Å². The molecule has 0 aliphatic heterocycles. The van der Waals surface area contributed by atoms with Crippen LogP contribution in [0.15, 0.2) is 24.3 Å². The van der Waals surface area contributed by atoms with Crippen molar-refractivity contribution in [3.63, 3.8) is 0 Å². The highest BCUT2D eigenvalue weighted by atomic mass is 31.2. The fraction of sp³-hybridized carbons (Fsp3) is 0.838. The summed E-state index contributed by atoms with van der Waals surface area (Å²) in [6.07, 6.45) is 33.7. The average Bonchev–Trinajstić information content (AvgIpc) is 3.03. The number of hydrogen-bond acceptors (Lipinski definition) is 7. The van der Waals surface area contributed by atoms with E-state index >= 15 is 0 Å². The third-order valence-corrected chi connectivity index (χ3v) is 8.79. The van der Waals surface area contributed by atoms with Gasteiger partial charge in [-0.2, -0.15) is 0 Å². The van der Waals surface area contributed by atoms with E-state index in [1.807, 2.05) is 0 Å². The Hall–Kier alpha value is -1.47. The first-order chi connectivity index (χ1) is 22.3. The molecule has 0 saturated heterocycles. The third-order valence-electron chi connectivity index (χ3n) is 7.73. The highest BCUT2D eigenvalue weighted by Gasteiger charge is 2.25. The number of phosphoric ester groups is 1. The molecule has 0 aromatic heterocycles. The molecule has 0 aliphatic rings. The Morgan fingerprint density at radius 2 is 1.00 bits per heavy atom. The Bertz CT molecular complexity index is 813. The number of unbranched alkanes of at least 4 members (excludes halogenated alkanes) is 18. The summed E-state index contributed by atoms with van der Waals surface area (Å²) in [7, 11) is -4.27. The predicted octanol–water partition coefficient (Wildman–Crippen LogP) is 11.1. The fourth-order valence-corrected chi connectivity index (χ4v) is 5.71. The first kappa shape index (κ1) is 44.5. The normalized spacial score (nSPS) is 13.7. The summed E-state index contributed by atoms with van der Waals surface area (Å²) in [6, 6.07) is 0. The molecule has 8 nitrogen and oxygen atoms in total. The molecule has 0 heterocycles. The van der Waals surface area contributed by atoms with E-state index in [9.17, 15) is 19.0 Å². The van der Waals surface area contributed by atoms with Crippen LogP contribution in [0.2, 0.25) is 0 Å². The van der Waals surface area contributed by atoms with Crippen LogP contribution in [0, 0.1) is 0 Å². The van der Waals surface area contributed by atoms with Gasteiger partial charge in [0.15, 0.2) is 6.10 Å². The van der Waals surface area contributed by atoms with Gasteiger partial charge in [0.1, 0.15) is 6.61 Å². The maximum absolute atomic E-state index is 12.5. The highest BCUT2D eigenvalue weighted by molar-refractivity contribution is 7.47. The third kappa shape index (κ3) is 32.5. The lowest BCUT2D eigenvalue weighted by Crippen LogP contribution is -2.29. The molecule has 0 bridgehead atoms. The van der Waals surface area contributed by atoms with Crippen molar-refractivity contribution in [2.75, 3.05) is 19.8 Å². The van der Waals surface area contributed by atoms with Gasteiger partial charge in [0.05, 0.1) is 13.2 Å². The maximum atomic E-state index is 12.5. The number of phosphoric acid groups is 1. The Morgan fingerprint density at radius 1 is 0.565 bits per heavy atom. The van der Waals surface area contributed by atoms with Crippen molar-refractivity contribution in [3.05, 3.63) is 24.3 Å². The SMILES string of the molecule is CCCC/C=C\CCCCCCCC(=O)OCC(COP(=O)(O)OCC)OC(=O)CCCCCCC/C=C\CCCCCCCC. The zero-order valence-electron chi connectivity index (χ0n) is 29.7. The molecule has 0 rings (SSSR count). The zero-order chi connectivity index (χ0) is 34.0. The van der Waals surface area contributed by atoms with Crippen molar-refractivity contribution in [3.8, 4) is 0 Å². The van der Waals surface area contributed by atoms with E-state index in [0.717, 1.165) is 77.0 Å². The summed E-state index contributed by atoms with van der Waals surface area (Å²) in [5.41, 5.74) is 0. The Morgan fingerprint density at radius 3 is 1.50 bits per heavy atom. The lowest BCUT2D eigenvalue weighted by atomic mass is 10.1. The molecule has 9 heteroatoms. The van der Waals surface area contributed by atoms with E-state index in [1.54, 1.807) is 6.92 Å². The van der Waals surface area contributed by atoms with Gasteiger partial charge in [0.2, 0.25) is 0 Å². The summed E-state index contributed by atoms with van der Waals surface area (Å²) in [5.74, 6) is -0.819. The van der Waals surface area contributed by atoms with Gasteiger partial charge in [-0.3, -0.25) is 18.6 Å². The van der Waals surface area contributed by atoms with Crippen LogP contribution in [-0.2, 0) is 32.7 Å². The Kier molecular flexibility index (Phi) is 32.4. The highest BCUT2D eigenvalue weighted by Crippen LogP contribution is 2.43. The number of carbonyl (C=O) groups excluding carboxylic acids is 2. The van der Waals surface area contributed by atoms with Crippen LogP contribution in [0.5, 0.6) is 0 Å². The van der Waals surface area contributed by atoms with E-state index in [-0.39, 0.29) is 32.0 Å². The van der Waals surface area contributed by atoms with E-state index < -0.39 is 26.5 Å². The molecule has 0 aromatic carbocycles. The topological polar surface area (TPSA) is 108 Å². The molecular weight excluding hydrogens is 603 g/mol. The molecule has 0 saturated carbocycles. The molecule has 46 heavy (non-hydrogen) atoms. The lowest BCUT2D eigenvalue weighted by Gasteiger charge is -2.19. The van der Waals surface area contributed by atoms with Gasteiger partial charge in [-0.1, -0.05) is 122 Å². The van der Waals surface area contributed by atoms with Gasteiger partial charge in [-0.15, -0.1) is 0 Å². The molecule has 1 N–H and O–H groups in total. The van der Waals surface area contributed by atoms with Gasteiger partial charge in [0, 0.05) is 12.8 Å². The summed E-state index contributed by atoms with van der Waals surface area (Å²) in [6.45, 7) is 5.39. The van der Waals surface area contributed by atoms with Crippen molar-refractivity contribution in [2.45, 2.75) is 181 Å². The van der Waals surface area contributed by atoms with Crippen LogP contribution in [0.4, 0.5) is 0 Å². The van der Waals surface area contributed by atoms with Gasteiger partial charge >= 0.3 is 19.8 Å². The smallest absolute Gasteiger partial charge is 0.462 e. The van der Waals surface area contributed by atoms with E-state index in [1.165, 1.54) is 57.8 Å². The first-order valence-electron chi connectivity index (χ1n) is 18.6. The molecule has 2 atom stereocenters. The van der Waals surface area contributed by atoms with Gasteiger partial charge in [-0.25, -0.2) is 4.57 Å². The average molecular weight is 673 g/mol. The summed E-state index contributed by atoms with van der Waals surface area (Å²) in [5, 5.41) is 0. The van der Waals surface area contributed by atoms with Crippen molar-refractivity contribution < 1.29 is 37.6 Å². The molecule has 0 amide bonds. The monoisotopic (exact) mass is 672 g/mol. The maximum Gasteiger partial charge on any atom is 0.472 e. The molecular formula is C37H69O8P. The number of allylic oxidation sites excluding steroid dienone is 4. The van der Waals surface area contributed by atoms with E-state index in [0.29, 0.717) is 6.42 Å². The first-order valence-corrected chi connectivity index (χ1v) is 20.1. The van der Waals surface area contributed by atoms with Crippen molar-refractivity contribution in [2.24, 2.45) is 0 Å². The summed E-state index contributed by atoms with van der Waals surface area (Å²) < 4.78 is 32.5. The zero-order valence-corrected chi connectivity index (χ0v) is 30.6. The number of hydrogen-bond donors (Lipinski definition) is 1. The molecule has 270 valence electrons. The Balaban J connectivity index is 4.18. The minimum Gasteiger partial charge on any atom is -0.462 e. The number of esters is 2. The predicted molar refractivity (Wildman–Crippen MR) is 189 cm³/mol. The van der Waals surface area contributed by atoms with Gasteiger partial charge in [-0.05, 0) is 64.7 Å².